The van der Waals surface area contributed by atoms with Crippen LogP contribution in [-0.2, 0) is 16.2 Å². The minimum atomic E-state index is -0.873. The van der Waals surface area contributed by atoms with E-state index in [1.165, 1.54) is 12.8 Å². The van der Waals surface area contributed by atoms with Gasteiger partial charge in [-0.1, -0.05) is 82.6 Å². The molecule has 8 heteroatoms. The van der Waals surface area contributed by atoms with Crippen molar-refractivity contribution < 1.29 is 28.6 Å². The third-order valence-corrected chi connectivity index (χ3v) is 11.6. The second-order valence-corrected chi connectivity index (χ2v) is 15.2. The number of Topliss-reactive ketones (excluding diaryl/α,β-unsaturated/α-hetero) is 2. The van der Waals surface area contributed by atoms with Crippen LogP contribution in [0.4, 0.5) is 0 Å². The van der Waals surface area contributed by atoms with E-state index in [9.17, 15) is 14.4 Å². The third-order valence-electron chi connectivity index (χ3n) is 11.6. The first-order chi connectivity index (χ1) is 23.5. The highest BCUT2D eigenvalue weighted by Crippen LogP contribution is 2.43. The molecule has 49 heavy (non-hydrogen) atoms. The summed E-state index contributed by atoms with van der Waals surface area (Å²) in [6.45, 7) is 8.28. The Morgan fingerprint density at radius 1 is 0.796 bits per heavy atom. The van der Waals surface area contributed by atoms with Crippen LogP contribution in [0.1, 0.15) is 127 Å². The van der Waals surface area contributed by atoms with Gasteiger partial charge in [-0.15, -0.1) is 0 Å². The van der Waals surface area contributed by atoms with Crippen molar-refractivity contribution in [3.63, 3.8) is 0 Å². The number of nitrogens with zero attached hydrogens (tertiary/aromatic N) is 1. The zero-order valence-electron chi connectivity index (χ0n) is 30.6. The molecule has 268 valence electrons. The van der Waals surface area contributed by atoms with E-state index < -0.39 is 11.1 Å². The van der Waals surface area contributed by atoms with Gasteiger partial charge < -0.3 is 24.4 Å². The molecule has 0 bridgehead atoms. The standard InChI is InChI=1S/C41H58N2O6/c1-7-41(4,37(44)29-22-20-28(21-23-29)27-49-32-25-30(47-5)24-31(26-32)48-6)42-35-18-14-10-8-12-16-33(35)38(45)40(2,3)43-36-19-15-11-9-13-17-34(36)39(43)46/h20-26,33-36,42H,7-19,27H2,1-6H3/t33-,34-,35+,36+,41?/m1/s1. The van der Waals surface area contributed by atoms with E-state index in [-0.39, 0.29) is 41.4 Å². The normalized spacial score (nSPS) is 24.5. The zero-order chi connectivity index (χ0) is 35.2. The quantitative estimate of drug-likeness (QED) is 0.170. The number of hydrogen-bond donors (Lipinski definition) is 1. The van der Waals surface area contributed by atoms with Crippen LogP contribution in [0.3, 0.4) is 0 Å². The Bertz CT molecular complexity index is 1430. The summed E-state index contributed by atoms with van der Waals surface area (Å²) in [4.78, 5) is 44.3. The molecule has 8 nitrogen and oxygen atoms in total. The van der Waals surface area contributed by atoms with Crippen LogP contribution >= 0.6 is 0 Å². The lowest BCUT2D eigenvalue weighted by Crippen LogP contribution is -2.71. The third kappa shape index (κ3) is 8.16. The van der Waals surface area contributed by atoms with Crippen LogP contribution in [0.2, 0.25) is 0 Å². The maximum atomic E-state index is 14.6. The number of β-lactam (4-membered cyclic amide) rings is 1. The van der Waals surface area contributed by atoms with Gasteiger partial charge in [-0.05, 0) is 58.4 Å². The van der Waals surface area contributed by atoms with Gasteiger partial charge in [0.15, 0.2) is 11.6 Å². The monoisotopic (exact) mass is 674 g/mol. The molecule has 2 aromatic rings. The maximum Gasteiger partial charge on any atom is 0.228 e. The first-order valence-corrected chi connectivity index (χ1v) is 18.7. The lowest BCUT2D eigenvalue weighted by atomic mass is 9.71. The van der Waals surface area contributed by atoms with Crippen molar-refractivity contribution in [2.45, 2.75) is 141 Å². The number of carbonyl (C=O) groups is 3. The van der Waals surface area contributed by atoms with Crippen molar-refractivity contribution in [2.24, 2.45) is 11.8 Å². The molecule has 0 radical (unpaired) electrons. The minimum Gasteiger partial charge on any atom is -0.496 e. The van der Waals surface area contributed by atoms with Crippen LogP contribution in [-0.4, -0.2) is 59.8 Å². The van der Waals surface area contributed by atoms with Gasteiger partial charge in [-0.25, -0.2) is 0 Å². The van der Waals surface area contributed by atoms with E-state index in [0.29, 0.717) is 35.8 Å². The number of nitrogens with one attached hydrogen (secondary N) is 1. The van der Waals surface area contributed by atoms with Crippen molar-refractivity contribution in [2.75, 3.05) is 14.2 Å². The fourth-order valence-corrected chi connectivity index (χ4v) is 8.39. The largest absolute Gasteiger partial charge is 0.496 e. The molecule has 1 heterocycles. The number of amides is 1. The first-order valence-electron chi connectivity index (χ1n) is 18.7. The molecule has 1 amide bonds. The highest BCUT2D eigenvalue weighted by molar-refractivity contribution is 6.03. The average Bonchev–Trinajstić information content (AvgIpc) is 3.09. The second kappa shape index (κ2) is 16.1. The number of methoxy groups -OCH3 is 2. The first kappa shape index (κ1) is 36.9. The van der Waals surface area contributed by atoms with Gasteiger partial charge in [-0.3, -0.25) is 14.4 Å². The van der Waals surface area contributed by atoms with Gasteiger partial charge in [0.2, 0.25) is 5.91 Å². The number of fused-ring (bicyclic) bond motifs is 1. The molecule has 2 aliphatic carbocycles. The van der Waals surface area contributed by atoms with Crippen LogP contribution < -0.4 is 19.5 Å². The molecular formula is C41H58N2O6. The van der Waals surface area contributed by atoms with Crippen molar-refractivity contribution in [1.29, 1.82) is 0 Å². The van der Waals surface area contributed by atoms with E-state index in [2.05, 4.69) is 5.32 Å². The Balaban J connectivity index is 1.29. The van der Waals surface area contributed by atoms with Crippen LogP contribution in [0, 0.1) is 11.8 Å². The molecule has 2 saturated carbocycles. The Hall–Kier alpha value is -3.39. The van der Waals surface area contributed by atoms with Crippen molar-refractivity contribution in [3.05, 3.63) is 53.6 Å². The van der Waals surface area contributed by atoms with E-state index in [1.54, 1.807) is 20.3 Å². The fourth-order valence-electron chi connectivity index (χ4n) is 8.39. The highest BCUT2D eigenvalue weighted by atomic mass is 16.5. The maximum absolute atomic E-state index is 14.6. The molecule has 5 atom stereocenters. The number of rotatable bonds is 13. The number of carbonyl (C=O) groups excluding carboxylic acids is 3. The van der Waals surface area contributed by atoms with Gasteiger partial charge in [-0.2, -0.15) is 0 Å². The van der Waals surface area contributed by atoms with E-state index in [1.807, 2.05) is 69.0 Å². The number of ketones is 2. The number of likely N-dealkylation sites (tertiary alicyclic amines) is 1. The van der Waals surface area contributed by atoms with Gasteiger partial charge in [0.1, 0.15) is 23.9 Å². The predicted octanol–water partition coefficient (Wildman–Crippen LogP) is 8.09. The van der Waals surface area contributed by atoms with Gasteiger partial charge >= 0.3 is 0 Å². The van der Waals surface area contributed by atoms with E-state index in [0.717, 1.165) is 69.8 Å². The fraction of sp³-hybridized carbons (Fsp3) is 0.634. The Kier molecular flexibility index (Phi) is 12.1. The van der Waals surface area contributed by atoms with E-state index in [4.69, 9.17) is 14.2 Å². The van der Waals surface area contributed by atoms with Crippen molar-refractivity contribution in [1.82, 2.24) is 10.2 Å². The zero-order valence-corrected chi connectivity index (χ0v) is 30.6. The van der Waals surface area contributed by atoms with Crippen LogP contribution in [0.5, 0.6) is 17.2 Å². The lowest BCUT2D eigenvalue weighted by Gasteiger charge is -2.56. The summed E-state index contributed by atoms with van der Waals surface area (Å²) in [5, 5.41) is 3.77. The number of benzene rings is 2. The molecule has 1 N–H and O–H groups in total. The number of ether oxygens (including phenoxy) is 3. The molecule has 5 rings (SSSR count). The van der Waals surface area contributed by atoms with E-state index >= 15 is 0 Å². The molecule has 1 aliphatic heterocycles. The molecule has 1 unspecified atom stereocenters. The summed E-state index contributed by atoms with van der Waals surface area (Å²) in [5.74, 6) is 2.06. The summed E-state index contributed by atoms with van der Waals surface area (Å²) in [6.07, 6.45) is 13.0. The Labute approximate surface area is 293 Å². The number of hydrogen-bond acceptors (Lipinski definition) is 7. The SMILES string of the molecule is CCC(C)(N[C@H]1CCCCCC[C@H]1C(=O)C(C)(C)N1C(=O)[C@@H]2CCCCCC[C@@H]21)C(=O)c1ccc(COc2cc(OC)cc(OC)c2)cc1. The molecule has 1 saturated heterocycles. The summed E-state index contributed by atoms with van der Waals surface area (Å²) in [7, 11) is 3.21. The van der Waals surface area contributed by atoms with Gasteiger partial charge in [0.25, 0.3) is 0 Å². The molecule has 0 aromatic heterocycles. The molecule has 0 spiro atoms. The van der Waals surface area contributed by atoms with Crippen molar-refractivity contribution >= 4 is 17.5 Å². The van der Waals surface area contributed by atoms with Gasteiger partial charge in [0, 0.05) is 41.8 Å². The van der Waals surface area contributed by atoms with Crippen LogP contribution in [0.25, 0.3) is 0 Å². The minimum absolute atomic E-state index is 0.0165. The molecule has 3 fully saturated rings. The van der Waals surface area contributed by atoms with Crippen molar-refractivity contribution in [3.8, 4) is 17.2 Å². The van der Waals surface area contributed by atoms with Crippen LogP contribution in [0.15, 0.2) is 42.5 Å². The topological polar surface area (TPSA) is 94.2 Å². The smallest absolute Gasteiger partial charge is 0.228 e. The lowest BCUT2D eigenvalue weighted by molar-refractivity contribution is -0.174. The summed E-state index contributed by atoms with van der Waals surface area (Å²) < 4.78 is 16.7. The predicted molar refractivity (Wildman–Crippen MR) is 192 cm³/mol. The summed E-state index contributed by atoms with van der Waals surface area (Å²) >= 11 is 0. The molecular weight excluding hydrogens is 616 g/mol. The summed E-state index contributed by atoms with van der Waals surface area (Å²) in [5.41, 5.74) is -0.163. The second-order valence-electron chi connectivity index (χ2n) is 15.2. The Morgan fingerprint density at radius 2 is 1.37 bits per heavy atom. The highest BCUT2D eigenvalue weighted by Gasteiger charge is 2.56. The summed E-state index contributed by atoms with van der Waals surface area (Å²) in [6, 6.07) is 13.0. The van der Waals surface area contributed by atoms with Gasteiger partial charge in [0.05, 0.1) is 31.2 Å². The molecule has 3 aliphatic rings. The average molecular weight is 675 g/mol. The Morgan fingerprint density at radius 3 is 1.98 bits per heavy atom. The molecule has 2 aromatic carbocycles.